The molecule has 0 unspecified atom stereocenters. The highest BCUT2D eigenvalue weighted by atomic mass is 16.6. The van der Waals surface area contributed by atoms with E-state index in [-0.39, 0.29) is 7.12 Å². The molecule has 1 aliphatic rings. The lowest BCUT2D eigenvalue weighted by Crippen LogP contribution is -2.09. The van der Waals surface area contributed by atoms with Crippen LogP contribution in [0.1, 0.15) is 0 Å². The summed E-state index contributed by atoms with van der Waals surface area (Å²) in [7, 11) is 1.51. The van der Waals surface area contributed by atoms with Crippen LogP contribution in [0.3, 0.4) is 0 Å². The van der Waals surface area contributed by atoms with Crippen molar-refractivity contribution >= 4 is 7.12 Å². The Labute approximate surface area is 61.1 Å². The Bertz CT molecular complexity index is 110. The van der Waals surface area contributed by atoms with Crippen LogP contribution < -0.4 is 0 Å². The third-order valence-corrected chi connectivity index (χ3v) is 1.20. The van der Waals surface area contributed by atoms with Crippen LogP contribution in [0.5, 0.6) is 0 Å². The number of methoxy groups -OCH3 is 1. The fourth-order valence-electron chi connectivity index (χ4n) is 0.751. The molecular formula is C6H11BO3. The van der Waals surface area contributed by atoms with Crippen LogP contribution in [0.25, 0.3) is 0 Å². The second-order valence-corrected chi connectivity index (χ2v) is 1.99. The van der Waals surface area contributed by atoms with E-state index in [1.165, 1.54) is 0 Å². The molecule has 1 heterocycles. The molecule has 4 heteroatoms. The molecule has 0 aromatic heterocycles. The molecule has 0 N–H and O–H groups in total. The van der Waals surface area contributed by atoms with E-state index in [2.05, 4.69) is 0 Å². The van der Waals surface area contributed by atoms with Crippen molar-refractivity contribution in [1.82, 2.24) is 0 Å². The van der Waals surface area contributed by atoms with Gasteiger partial charge in [-0.2, -0.15) is 0 Å². The van der Waals surface area contributed by atoms with Gasteiger partial charge >= 0.3 is 7.12 Å². The van der Waals surface area contributed by atoms with Crippen molar-refractivity contribution in [2.45, 2.75) is 0 Å². The normalized spacial score (nSPS) is 19.1. The van der Waals surface area contributed by atoms with Gasteiger partial charge in [0.1, 0.15) is 0 Å². The molecule has 0 spiro atoms. The molecule has 0 radical (unpaired) electrons. The van der Waals surface area contributed by atoms with Crippen molar-refractivity contribution in [3.63, 3.8) is 0 Å². The number of hydrogen-bond donors (Lipinski definition) is 0. The van der Waals surface area contributed by atoms with Crippen LogP contribution in [0.2, 0.25) is 0 Å². The maximum absolute atomic E-state index is 5.13. The molecule has 1 rings (SSSR count). The standard InChI is InChI=1S/C6H11BO3/c1-8-4-2-3-7-9-5-6-10-7/h2-3H,4-6H2,1H3. The summed E-state index contributed by atoms with van der Waals surface area (Å²) < 4.78 is 15.1. The summed E-state index contributed by atoms with van der Waals surface area (Å²) in [6, 6.07) is 0. The van der Waals surface area contributed by atoms with Gasteiger partial charge in [-0.05, 0) is 0 Å². The predicted molar refractivity (Wildman–Crippen MR) is 38.7 cm³/mol. The molecule has 0 aromatic carbocycles. The van der Waals surface area contributed by atoms with Crippen LogP contribution in [-0.2, 0) is 14.0 Å². The molecule has 1 aliphatic heterocycles. The van der Waals surface area contributed by atoms with Crippen LogP contribution in [-0.4, -0.2) is 34.0 Å². The molecule has 0 bridgehead atoms. The minimum absolute atomic E-state index is 0.143. The first-order chi connectivity index (χ1) is 4.93. The molecule has 3 nitrogen and oxygen atoms in total. The van der Waals surface area contributed by atoms with Gasteiger partial charge in [-0.3, -0.25) is 0 Å². The van der Waals surface area contributed by atoms with Gasteiger partial charge < -0.3 is 14.0 Å². The largest absolute Gasteiger partial charge is 0.486 e. The van der Waals surface area contributed by atoms with Gasteiger partial charge in [-0.1, -0.05) is 12.1 Å². The van der Waals surface area contributed by atoms with Crippen molar-refractivity contribution in [1.29, 1.82) is 0 Å². The molecular weight excluding hydrogens is 131 g/mol. The summed E-state index contributed by atoms with van der Waals surface area (Å²) in [4.78, 5) is 0. The molecule has 1 fully saturated rings. The van der Waals surface area contributed by atoms with Crippen LogP contribution in [0.15, 0.2) is 12.1 Å². The average molecular weight is 142 g/mol. The summed E-state index contributed by atoms with van der Waals surface area (Å²) in [6.07, 6.45) is 1.88. The first kappa shape index (κ1) is 7.79. The Morgan fingerprint density at radius 3 is 2.80 bits per heavy atom. The van der Waals surface area contributed by atoms with E-state index in [1.807, 2.05) is 12.1 Å². The average Bonchev–Trinajstić information content (AvgIpc) is 2.41. The molecule has 1 saturated heterocycles. The Hall–Kier alpha value is -0.315. The van der Waals surface area contributed by atoms with E-state index in [9.17, 15) is 0 Å². The van der Waals surface area contributed by atoms with Gasteiger partial charge in [-0.25, -0.2) is 0 Å². The maximum atomic E-state index is 5.13. The van der Waals surface area contributed by atoms with Gasteiger partial charge in [0.05, 0.1) is 19.8 Å². The third-order valence-electron chi connectivity index (χ3n) is 1.20. The highest BCUT2D eigenvalue weighted by Gasteiger charge is 2.18. The lowest BCUT2D eigenvalue weighted by molar-refractivity contribution is 0.233. The minimum atomic E-state index is -0.143. The van der Waals surface area contributed by atoms with Crippen molar-refractivity contribution in [3.8, 4) is 0 Å². The van der Waals surface area contributed by atoms with Crippen molar-refractivity contribution in [3.05, 3.63) is 12.1 Å². The lowest BCUT2D eigenvalue weighted by Gasteiger charge is -1.94. The molecule has 0 amide bonds. The summed E-state index contributed by atoms with van der Waals surface area (Å²) in [6.45, 7) is 2.01. The highest BCUT2D eigenvalue weighted by Crippen LogP contribution is 1.99. The van der Waals surface area contributed by atoms with E-state index < -0.39 is 0 Å². The van der Waals surface area contributed by atoms with Crippen molar-refractivity contribution in [2.24, 2.45) is 0 Å². The second-order valence-electron chi connectivity index (χ2n) is 1.99. The molecule has 0 saturated carbocycles. The third kappa shape index (κ3) is 2.52. The van der Waals surface area contributed by atoms with E-state index in [0.717, 1.165) is 0 Å². The Kier molecular flexibility index (Phi) is 3.50. The summed E-state index contributed by atoms with van der Waals surface area (Å²) in [5, 5.41) is 0. The zero-order valence-electron chi connectivity index (χ0n) is 6.08. The van der Waals surface area contributed by atoms with Gasteiger partial charge in [0.2, 0.25) is 0 Å². The molecule has 0 atom stereocenters. The minimum Gasteiger partial charge on any atom is -0.405 e. The Balaban J connectivity index is 2.10. The molecule has 0 aliphatic carbocycles. The lowest BCUT2D eigenvalue weighted by atomic mass is 9.91. The number of ether oxygens (including phenoxy) is 1. The van der Waals surface area contributed by atoms with E-state index in [1.54, 1.807) is 7.11 Å². The fourth-order valence-corrected chi connectivity index (χ4v) is 0.751. The topological polar surface area (TPSA) is 27.7 Å². The summed E-state index contributed by atoms with van der Waals surface area (Å²) >= 11 is 0. The van der Waals surface area contributed by atoms with E-state index in [4.69, 9.17) is 14.0 Å². The van der Waals surface area contributed by atoms with Gasteiger partial charge in [0.25, 0.3) is 0 Å². The quantitative estimate of drug-likeness (QED) is 0.529. The van der Waals surface area contributed by atoms with Crippen LogP contribution in [0, 0.1) is 0 Å². The highest BCUT2D eigenvalue weighted by molar-refractivity contribution is 6.51. The molecule has 56 valence electrons. The van der Waals surface area contributed by atoms with Crippen LogP contribution >= 0.6 is 0 Å². The van der Waals surface area contributed by atoms with Crippen molar-refractivity contribution < 1.29 is 14.0 Å². The van der Waals surface area contributed by atoms with Gasteiger partial charge in [0.15, 0.2) is 0 Å². The monoisotopic (exact) mass is 142 g/mol. The van der Waals surface area contributed by atoms with Gasteiger partial charge in [-0.15, -0.1) is 0 Å². The Morgan fingerprint density at radius 2 is 2.20 bits per heavy atom. The Morgan fingerprint density at radius 1 is 1.50 bits per heavy atom. The van der Waals surface area contributed by atoms with Crippen molar-refractivity contribution in [2.75, 3.05) is 26.9 Å². The fraction of sp³-hybridized carbons (Fsp3) is 0.667. The molecule has 10 heavy (non-hydrogen) atoms. The van der Waals surface area contributed by atoms with Gasteiger partial charge in [0, 0.05) is 7.11 Å². The first-order valence-electron chi connectivity index (χ1n) is 3.32. The summed E-state index contributed by atoms with van der Waals surface area (Å²) in [5.41, 5.74) is 0. The SMILES string of the molecule is COCC=CB1OCCO1. The number of hydrogen-bond acceptors (Lipinski definition) is 3. The second kappa shape index (κ2) is 4.49. The predicted octanol–water partition coefficient (Wildman–Crippen LogP) is 0.263. The van der Waals surface area contributed by atoms with Crippen LogP contribution in [0.4, 0.5) is 0 Å². The van der Waals surface area contributed by atoms with E-state index in [0.29, 0.717) is 19.8 Å². The first-order valence-corrected chi connectivity index (χ1v) is 3.32. The smallest absolute Gasteiger partial charge is 0.405 e. The summed E-state index contributed by atoms with van der Waals surface area (Å²) in [5.74, 6) is 1.86. The van der Waals surface area contributed by atoms with E-state index >= 15 is 0 Å². The zero-order valence-corrected chi connectivity index (χ0v) is 6.08. The molecule has 0 aromatic rings. The number of rotatable bonds is 3. The zero-order chi connectivity index (χ0) is 7.23. The maximum Gasteiger partial charge on any atom is 0.486 e.